The van der Waals surface area contributed by atoms with Gasteiger partial charge in [-0.1, -0.05) is 29.8 Å². The molecule has 1 amide bonds. The number of hydrogen-bond donors (Lipinski definition) is 1. The van der Waals surface area contributed by atoms with Crippen LogP contribution in [0.4, 0.5) is 5.95 Å². The number of aromatic amines is 1. The van der Waals surface area contributed by atoms with Crippen molar-refractivity contribution in [3.63, 3.8) is 0 Å². The van der Waals surface area contributed by atoms with E-state index in [4.69, 9.17) is 4.98 Å². The molecule has 2 aliphatic rings. The van der Waals surface area contributed by atoms with Gasteiger partial charge in [-0.15, -0.1) is 0 Å². The van der Waals surface area contributed by atoms with Crippen LogP contribution in [0.25, 0.3) is 11.3 Å². The van der Waals surface area contributed by atoms with Crippen molar-refractivity contribution < 1.29 is 4.79 Å². The molecule has 5 rings (SSSR count). The summed E-state index contributed by atoms with van der Waals surface area (Å²) >= 11 is 0. The van der Waals surface area contributed by atoms with Gasteiger partial charge in [-0.2, -0.15) is 5.10 Å². The molecule has 2 aliphatic heterocycles. The molecule has 7 nitrogen and oxygen atoms in total. The lowest BCUT2D eigenvalue weighted by molar-refractivity contribution is -0.131. The van der Waals surface area contributed by atoms with E-state index in [0.717, 1.165) is 60.9 Å². The van der Waals surface area contributed by atoms with E-state index in [9.17, 15) is 4.79 Å². The zero-order valence-electron chi connectivity index (χ0n) is 18.6. The van der Waals surface area contributed by atoms with E-state index in [2.05, 4.69) is 51.3 Å². The molecule has 2 aromatic heterocycles. The highest BCUT2D eigenvalue weighted by atomic mass is 16.2. The van der Waals surface area contributed by atoms with E-state index in [-0.39, 0.29) is 11.8 Å². The van der Waals surface area contributed by atoms with Crippen molar-refractivity contribution in [2.45, 2.75) is 44.9 Å². The van der Waals surface area contributed by atoms with Crippen molar-refractivity contribution in [2.75, 3.05) is 31.1 Å². The zero-order chi connectivity index (χ0) is 21.9. The van der Waals surface area contributed by atoms with Gasteiger partial charge in [0.15, 0.2) is 0 Å². The zero-order valence-corrected chi connectivity index (χ0v) is 18.6. The van der Waals surface area contributed by atoms with E-state index in [1.165, 1.54) is 18.4 Å². The van der Waals surface area contributed by atoms with Crippen LogP contribution in [-0.2, 0) is 11.2 Å². The molecule has 1 atom stereocenters. The summed E-state index contributed by atoms with van der Waals surface area (Å²) in [5, 5.41) is 7.56. The van der Waals surface area contributed by atoms with Crippen LogP contribution >= 0.6 is 0 Å². The summed E-state index contributed by atoms with van der Waals surface area (Å²) in [4.78, 5) is 26.6. The monoisotopic (exact) mass is 430 g/mol. The van der Waals surface area contributed by atoms with Gasteiger partial charge in [0.2, 0.25) is 11.9 Å². The van der Waals surface area contributed by atoms with Crippen LogP contribution in [0.15, 0.2) is 42.7 Å². The number of benzene rings is 1. The average Bonchev–Trinajstić information content (AvgIpc) is 3.53. The lowest BCUT2D eigenvalue weighted by Crippen LogP contribution is -2.40. The van der Waals surface area contributed by atoms with Crippen LogP contribution in [0.2, 0.25) is 0 Å². The average molecular weight is 431 g/mol. The minimum absolute atomic E-state index is 0.193. The lowest BCUT2D eigenvalue weighted by atomic mass is 9.91. The van der Waals surface area contributed by atoms with Crippen molar-refractivity contribution in [2.24, 2.45) is 0 Å². The molecule has 7 heteroatoms. The number of H-pyrrole nitrogens is 1. The first-order valence-corrected chi connectivity index (χ1v) is 11.6. The van der Waals surface area contributed by atoms with Crippen LogP contribution in [0.5, 0.6) is 0 Å². The fourth-order valence-corrected chi connectivity index (χ4v) is 4.81. The number of aromatic nitrogens is 4. The van der Waals surface area contributed by atoms with Gasteiger partial charge < -0.3 is 9.80 Å². The number of likely N-dealkylation sites (tertiary alicyclic amines) is 1. The summed E-state index contributed by atoms with van der Waals surface area (Å²) in [5.41, 5.74) is 5.27. The Labute approximate surface area is 188 Å². The third kappa shape index (κ3) is 4.38. The Morgan fingerprint density at radius 2 is 1.91 bits per heavy atom. The van der Waals surface area contributed by atoms with Gasteiger partial charge in [0.05, 0.1) is 18.3 Å². The summed E-state index contributed by atoms with van der Waals surface area (Å²) in [6, 6.07) is 10.2. The van der Waals surface area contributed by atoms with E-state index in [1.807, 2.05) is 23.4 Å². The molecule has 166 valence electrons. The number of nitrogens with one attached hydrogen (secondary N) is 1. The van der Waals surface area contributed by atoms with Crippen molar-refractivity contribution in [3.05, 3.63) is 59.5 Å². The Kier molecular flexibility index (Phi) is 5.88. The summed E-state index contributed by atoms with van der Waals surface area (Å²) in [6.07, 6.45) is 8.56. The number of anilines is 1. The summed E-state index contributed by atoms with van der Waals surface area (Å²) in [6.45, 7) is 5.63. The first kappa shape index (κ1) is 20.7. The van der Waals surface area contributed by atoms with Gasteiger partial charge in [-0.25, -0.2) is 9.97 Å². The minimum atomic E-state index is 0.193. The number of carbonyl (C=O) groups excluding carboxylic acids is 1. The van der Waals surface area contributed by atoms with Crippen LogP contribution in [-0.4, -0.2) is 57.2 Å². The van der Waals surface area contributed by atoms with Crippen LogP contribution in [0.1, 0.15) is 48.4 Å². The molecule has 0 bridgehead atoms. The highest BCUT2D eigenvalue weighted by Crippen LogP contribution is 2.33. The standard InChI is InChI=1S/C25H30N6O/c1-18-6-8-19(9-7-18)15-23(32)31-14-4-5-20(17-31)24-21(16-27-29-24)22-10-11-26-25(28-22)30-12-2-3-13-30/h6-11,16,20H,2-5,12-15,17H2,1H3,(H,27,29). The van der Waals surface area contributed by atoms with E-state index in [1.54, 1.807) is 0 Å². The minimum Gasteiger partial charge on any atom is -0.342 e. The van der Waals surface area contributed by atoms with Crippen molar-refractivity contribution in [1.82, 2.24) is 25.1 Å². The van der Waals surface area contributed by atoms with Gasteiger partial charge >= 0.3 is 0 Å². The molecule has 2 fully saturated rings. The molecule has 3 aromatic rings. The maximum atomic E-state index is 13.0. The maximum absolute atomic E-state index is 13.0. The summed E-state index contributed by atoms with van der Waals surface area (Å²) < 4.78 is 0. The van der Waals surface area contributed by atoms with Gasteiger partial charge in [0.25, 0.3) is 0 Å². The largest absolute Gasteiger partial charge is 0.342 e. The Morgan fingerprint density at radius 3 is 2.72 bits per heavy atom. The molecule has 2 saturated heterocycles. The molecule has 0 spiro atoms. The number of rotatable bonds is 5. The number of aryl methyl sites for hydroxylation is 1. The van der Waals surface area contributed by atoms with Gasteiger partial charge in [0.1, 0.15) is 0 Å². The van der Waals surface area contributed by atoms with Gasteiger partial charge in [-0.3, -0.25) is 9.89 Å². The number of nitrogens with zero attached hydrogens (tertiary/aromatic N) is 5. The normalized spacial score (nSPS) is 18.8. The molecule has 0 radical (unpaired) electrons. The SMILES string of the molecule is Cc1ccc(CC(=O)N2CCCC(c3[nH]ncc3-c3ccnc(N4CCCC4)n3)C2)cc1. The Balaban J connectivity index is 1.32. The quantitative estimate of drug-likeness (QED) is 0.667. The molecule has 1 unspecified atom stereocenters. The number of piperidine rings is 1. The summed E-state index contributed by atoms with van der Waals surface area (Å²) in [7, 11) is 0. The Bertz CT molecular complexity index is 1070. The summed E-state index contributed by atoms with van der Waals surface area (Å²) in [5.74, 6) is 1.22. The molecule has 0 aliphatic carbocycles. The molecule has 0 saturated carbocycles. The third-order valence-electron chi connectivity index (χ3n) is 6.63. The first-order valence-electron chi connectivity index (χ1n) is 11.6. The second-order valence-corrected chi connectivity index (χ2v) is 8.97. The smallest absolute Gasteiger partial charge is 0.227 e. The van der Waals surface area contributed by atoms with Gasteiger partial charge in [-0.05, 0) is 44.2 Å². The number of amides is 1. The second kappa shape index (κ2) is 9.10. The molecule has 1 N–H and O–H groups in total. The van der Waals surface area contributed by atoms with Gasteiger partial charge in [0, 0.05) is 49.6 Å². The van der Waals surface area contributed by atoms with E-state index >= 15 is 0 Å². The fraction of sp³-hybridized carbons (Fsp3) is 0.440. The molecule has 32 heavy (non-hydrogen) atoms. The van der Waals surface area contributed by atoms with Crippen molar-refractivity contribution in [3.8, 4) is 11.3 Å². The Hall–Kier alpha value is -3.22. The highest BCUT2D eigenvalue weighted by molar-refractivity contribution is 5.79. The third-order valence-corrected chi connectivity index (χ3v) is 6.63. The predicted octanol–water partition coefficient (Wildman–Crippen LogP) is 3.72. The fourth-order valence-electron chi connectivity index (χ4n) is 4.81. The number of hydrogen-bond acceptors (Lipinski definition) is 5. The Morgan fingerprint density at radius 1 is 1.09 bits per heavy atom. The molecule has 4 heterocycles. The van der Waals surface area contributed by atoms with Crippen LogP contribution in [0.3, 0.4) is 0 Å². The lowest BCUT2D eigenvalue weighted by Gasteiger charge is -2.33. The van der Waals surface area contributed by atoms with E-state index in [0.29, 0.717) is 13.0 Å². The maximum Gasteiger partial charge on any atom is 0.227 e. The highest BCUT2D eigenvalue weighted by Gasteiger charge is 2.28. The van der Waals surface area contributed by atoms with Crippen molar-refractivity contribution in [1.29, 1.82) is 0 Å². The topological polar surface area (TPSA) is 78.0 Å². The first-order chi connectivity index (χ1) is 15.7. The molecular weight excluding hydrogens is 400 g/mol. The predicted molar refractivity (Wildman–Crippen MR) is 124 cm³/mol. The van der Waals surface area contributed by atoms with Crippen molar-refractivity contribution >= 4 is 11.9 Å². The van der Waals surface area contributed by atoms with E-state index < -0.39 is 0 Å². The van der Waals surface area contributed by atoms with Crippen LogP contribution < -0.4 is 4.90 Å². The molecular formula is C25H30N6O. The van der Waals surface area contributed by atoms with Crippen LogP contribution in [0, 0.1) is 6.92 Å². The molecule has 1 aromatic carbocycles. The number of carbonyl (C=O) groups is 1. The second-order valence-electron chi connectivity index (χ2n) is 8.97.